The number of halogens is 3. The van der Waals surface area contributed by atoms with E-state index in [1.54, 1.807) is 0 Å². The first-order valence-electron chi connectivity index (χ1n) is 6.58. The van der Waals surface area contributed by atoms with E-state index in [1.807, 2.05) is 0 Å². The molecule has 0 aliphatic rings. The maximum atomic E-state index is 12.8. The van der Waals surface area contributed by atoms with Crippen molar-refractivity contribution in [1.29, 1.82) is 0 Å². The van der Waals surface area contributed by atoms with Gasteiger partial charge in [0.05, 0.1) is 17.4 Å². The first-order chi connectivity index (χ1) is 11.0. The number of ketones is 1. The van der Waals surface area contributed by atoms with Crippen LogP contribution in [-0.4, -0.2) is 31.5 Å². The quantitative estimate of drug-likeness (QED) is 0.817. The maximum Gasteiger partial charge on any atom is 0.417 e. The molecule has 0 atom stereocenters. The number of nitrogens with zero attached hydrogens (tertiary/aromatic N) is 2. The number of carboxylic acids is 1. The number of carboxylic acid groups (broad SMARTS) is 1. The Hall–Kier alpha value is -2.91. The molecule has 24 heavy (non-hydrogen) atoms. The lowest BCUT2D eigenvalue weighted by atomic mass is 10.0. The topological polar surface area (TPSA) is 109 Å². The van der Waals surface area contributed by atoms with Crippen LogP contribution in [0.25, 0.3) is 11.0 Å². The van der Waals surface area contributed by atoms with E-state index in [-0.39, 0.29) is 5.65 Å². The Morgan fingerprint density at radius 2 is 1.92 bits per heavy atom. The Morgan fingerprint density at radius 3 is 2.46 bits per heavy atom. The largest absolute Gasteiger partial charge is 0.506 e. The van der Waals surface area contributed by atoms with E-state index in [2.05, 4.69) is 4.98 Å². The lowest BCUT2D eigenvalue weighted by molar-refractivity contribution is -0.138. The van der Waals surface area contributed by atoms with Crippen LogP contribution in [-0.2, 0) is 18.0 Å². The van der Waals surface area contributed by atoms with Crippen molar-refractivity contribution in [3.8, 4) is 5.75 Å². The zero-order valence-electron chi connectivity index (χ0n) is 12.2. The maximum absolute atomic E-state index is 12.8. The predicted molar refractivity (Wildman–Crippen MR) is 74.9 cm³/mol. The van der Waals surface area contributed by atoms with E-state index in [0.29, 0.717) is 12.3 Å². The minimum atomic E-state index is -4.73. The molecule has 128 valence electrons. The van der Waals surface area contributed by atoms with Gasteiger partial charge in [-0.2, -0.15) is 13.2 Å². The number of aromatic hydroxyl groups is 1. The third kappa shape index (κ3) is 3.07. The Morgan fingerprint density at radius 1 is 1.29 bits per heavy atom. The van der Waals surface area contributed by atoms with Crippen molar-refractivity contribution < 1.29 is 33.0 Å². The molecule has 0 aliphatic carbocycles. The Labute approximate surface area is 132 Å². The first kappa shape index (κ1) is 17.4. The summed E-state index contributed by atoms with van der Waals surface area (Å²) < 4.78 is 39.1. The second-order valence-corrected chi connectivity index (χ2v) is 5.00. The summed E-state index contributed by atoms with van der Waals surface area (Å²) in [5.74, 6) is -3.21. The molecule has 0 amide bonds. The van der Waals surface area contributed by atoms with Crippen LogP contribution in [0.5, 0.6) is 5.75 Å². The number of pyridine rings is 2. The van der Waals surface area contributed by atoms with Gasteiger partial charge in [-0.1, -0.05) is 0 Å². The minimum Gasteiger partial charge on any atom is -0.506 e. The number of rotatable bonds is 4. The molecule has 0 unspecified atom stereocenters. The molecule has 2 aromatic heterocycles. The summed E-state index contributed by atoms with van der Waals surface area (Å²) in [5, 5.41) is 18.2. The highest BCUT2D eigenvalue weighted by atomic mass is 19.4. The van der Waals surface area contributed by atoms with Crippen LogP contribution in [0.15, 0.2) is 17.1 Å². The smallest absolute Gasteiger partial charge is 0.417 e. The molecule has 0 saturated heterocycles. The Kier molecular flexibility index (Phi) is 4.32. The summed E-state index contributed by atoms with van der Waals surface area (Å²) in [4.78, 5) is 38.2. The first-order valence-corrected chi connectivity index (χ1v) is 6.58. The fourth-order valence-electron chi connectivity index (χ4n) is 2.15. The summed E-state index contributed by atoms with van der Waals surface area (Å²) in [7, 11) is 1.18. The molecule has 2 N–H and O–H groups in total. The Bertz CT molecular complexity index is 902. The molecule has 10 heteroatoms. The van der Waals surface area contributed by atoms with Crippen LogP contribution in [0.1, 0.15) is 28.8 Å². The predicted octanol–water partition coefficient (Wildman–Crippen LogP) is 1.71. The highest BCUT2D eigenvalue weighted by Crippen LogP contribution is 2.33. The summed E-state index contributed by atoms with van der Waals surface area (Å²) in [6.07, 6.45) is -5.38. The monoisotopic (exact) mass is 344 g/mol. The third-order valence-corrected chi connectivity index (χ3v) is 3.37. The number of carbonyl (C=O) groups is 2. The van der Waals surface area contributed by atoms with Crippen molar-refractivity contribution >= 4 is 22.8 Å². The minimum absolute atomic E-state index is 0.236. The van der Waals surface area contributed by atoms with Gasteiger partial charge in [-0.25, -0.2) is 4.98 Å². The van der Waals surface area contributed by atoms with Crippen LogP contribution in [0.2, 0.25) is 0 Å². The normalized spacial score (nSPS) is 11.7. The number of hydrogen-bond donors (Lipinski definition) is 2. The number of Topliss-reactive ketones (excluding diaryl/α,β-unsaturated/α-hetero) is 1. The molecule has 2 heterocycles. The highest BCUT2D eigenvalue weighted by molar-refractivity contribution is 6.03. The fraction of sp³-hybridized carbons (Fsp3) is 0.286. The summed E-state index contributed by atoms with van der Waals surface area (Å²) in [6.45, 7) is 0. The van der Waals surface area contributed by atoms with Crippen molar-refractivity contribution in [3.05, 3.63) is 33.7 Å². The standard InChI is InChI=1S/C14H11F3N2O5/c1-19-12-7(4-6(5-18-12)14(15,16)17)11(23)10(13(19)24)8(20)2-3-9(21)22/h4-5,23H,2-3H2,1H3,(H,21,22). The molecular formula is C14H11F3N2O5. The lowest BCUT2D eigenvalue weighted by Crippen LogP contribution is -2.26. The van der Waals surface area contributed by atoms with E-state index in [1.165, 1.54) is 7.05 Å². The number of fused-ring (bicyclic) bond motifs is 1. The van der Waals surface area contributed by atoms with Crippen molar-refractivity contribution in [2.45, 2.75) is 19.0 Å². The van der Waals surface area contributed by atoms with Crippen molar-refractivity contribution in [3.63, 3.8) is 0 Å². The van der Waals surface area contributed by atoms with Gasteiger partial charge in [-0.15, -0.1) is 0 Å². The molecule has 0 saturated carbocycles. The van der Waals surface area contributed by atoms with Crippen LogP contribution in [0.3, 0.4) is 0 Å². The summed E-state index contributed by atoms with van der Waals surface area (Å²) in [6, 6.07) is 0.574. The van der Waals surface area contributed by atoms with Gasteiger partial charge < -0.3 is 10.2 Å². The van der Waals surface area contributed by atoms with Crippen LogP contribution in [0.4, 0.5) is 13.2 Å². The van der Waals surface area contributed by atoms with E-state index in [0.717, 1.165) is 4.57 Å². The van der Waals surface area contributed by atoms with Gasteiger partial charge in [-0.3, -0.25) is 19.0 Å². The molecule has 0 radical (unpaired) electrons. The van der Waals surface area contributed by atoms with Crippen molar-refractivity contribution in [1.82, 2.24) is 9.55 Å². The van der Waals surface area contributed by atoms with Gasteiger partial charge in [0.15, 0.2) is 5.78 Å². The second-order valence-electron chi connectivity index (χ2n) is 5.00. The second kappa shape index (κ2) is 5.95. The van der Waals surface area contributed by atoms with Gasteiger partial charge in [0, 0.05) is 19.7 Å². The molecule has 0 spiro atoms. The van der Waals surface area contributed by atoms with Gasteiger partial charge in [0.1, 0.15) is 17.0 Å². The average molecular weight is 344 g/mol. The molecule has 2 aromatic rings. The lowest BCUT2D eigenvalue weighted by Gasteiger charge is -2.12. The summed E-state index contributed by atoms with van der Waals surface area (Å²) >= 11 is 0. The van der Waals surface area contributed by atoms with Gasteiger partial charge in [-0.05, 0) is 6.07 Å². The molecule has 0 bridgehead atoms. The number of hydrogen-bond acceptors (Lipinski definition) is 5. The molecule has 2 rings (SSSR count). The van der Waals surface area contributed by atoms with Crippen molar-refractivity contribution in [2.24, 2.45) is 7.05 Å². The molecule has 0 fully saturated rings. The van der Waals surface area contributed by atoms with Gasteiger partial charge >= 0.3 is 12.1 Å². The zero-order valence-corrected chi connectivity index (χ0v) is 12.2. The van der Waals surface area contributed by atoms with E-state index in [9.17, 15) is 32.7 Å². The molecular weight excluding hydrogens is 333 g/mol. The van der Waals surface area contributed by atoms with Crippen molar-refractivity contribution in [2.75, 3.05) is 0 Å². The number of aromatic nitrogens is 2. The zero-order chi connectivity index (χ0) is 18.2. The van der Waals surface area contributed by atoms with E-state index in [4.69, 9.17) is 5.11 Å². The van der Waals surface area contributed by atoms with E-state index >= 15 is 0 Å². The molecule has 0 aliphatic heterocycles. The van der Waals surface area contributed by atoms with Gasteiger partial charge in [0.2, 0.25) is 0 Å². The molecule has 0 aromatic carbocycles. The SMILES string of the molecule is Cn1c(=O)c(C(=O)CCC(=O)O)c(O)c2cc(C(F)(F)F)cnc21. The number of alkyl halides is 3. The van der Waals surface area contributed by atoms with E-state index < -0.39 is 58.6 Å². The molecule has 7 nitrogen and oxygen atoms in total. The average Bonchev–Trinajstić information content (AvgIpc) is 2.49. The Balaban J connectivity index is 2.71. The third-order valence-electron chi connectivity index (χ3n) is 3.37. The van der Waals surface area contributed by atoms with Crippen LogP contribution < -0.4 is 5.56 Å². The summed E-state index contributed by atoms with van der Waals surface area (Å²) in [5.41, 5.74) is -3.12. The van der Waals surface area contributed by atoms with Crippen LogP contribution >= 0.6 is 0 Å². The number of aliphatic carboxylic acids is 1. The van der Waals surface area contributed by atoms with Gasteiger partial charge in [0.25, 0.3) is 5.56 Å². The number of carbonyl (C=O) groups excluding carboxylic acids is 1. The fourth-order valence-corrected chi connectivity index (χ4v) is 2.15. The number of aryl methyl sites for hydroxylation is 1. The van der Waals surface area contributed by atoms with Crippen LogP contribution in [0, 0.1) is 0 Å². The highest BCUT2D eigenvalue weighted by Gasteiger charge is 2.32.